The van der Waals surface area contributed by atoms with E-state index >= 15 is 0 Å². The molecule has 0 radical (unpaired) electrons. The van der Waals surface area contributed by atoms with Crippen LogP contribution in [0.2, 0.25) is 0 Å². The normalized spacial score (nSPS) is 14.9. The Kier molecular flexibility index (Phi) is 7.20. The van der Waals surface area contributed by atoms with E-state index in [1.165, 1.54) is 0 Å². The molecule has 0 aliphatic heterocycles. The molecule has 0 aliphatic carbocycles. The standard InChI is InChI=1S/C16H33N3O2/c1-8-10-16(11-9-2,13(17)18-21)14(20)19(7)12(3)15(4,5)6/h12,21H,8-11H2,1-7H3,(H2,17,18). The molecule has 5 heteroatoms. The van der Waals surface area contributed by atoms with Crippen LogP contribution in [0.4, 0.5) is 0 Å². The van der Waals surface area contributed by atoms with E-state index in [1.54, 1.807) is 4.90 Å². The summed E-state index contributed by atoms with van der Waals surface area (Å²) in [6, 6.07) is 0.0598. The number of hydrogen-bond acceptors (Lipinski definition) is 3. The van der Waals surface area contributed by atoms with Gasteiger partial charge in [-0.1, -0.05) is 52.6 Å². The number of hydrogen-bond donors (Lipinski definition) is 2. The fraction of sp³-hybridized carbons (Fsp3) is 0.875. The van der Waals surface area contributed by atoms with Crippen molar-refractivity contribution >= 4 is 11.7 Å². The Morgan fingerprint density at radius 2 is 1.67 bits per heavy atom. The molecule has 0 bridgehead atoms. The third kappa shape index (κ3) is 4.35. The van der Waals surface area contributed by atoms with E-state index in [4.69, 9.17) is 10.9 Å². The molecular formula is C16H33N3O2. The fourth-order valence-electron chi connectivity index (χ4n) is 2.75. The summed E-state index contributed by atoms with van der Waals surface area (Å²) in [6.07, 6.45) is 2.80. The summed E-state index contributed by atoms with van der Waals surface area (Å²) in [7, 11) is 1.81. The molecule has 0 aromatic heterocycles. The predicted molar refractivity (Wildman–Crippen MR) is 87.3 cm³/mol. The highest BCUT2D eigenvalue weighted by atomic mass is 16.4. The molecule has 1 unspecified atom stereocenters. The minimum absolute atomic E-state index is 0.0281. The van der Waals surface area contributed by atoms with Gasteiger partial charge in [-0.25, -0.2) is 0 Å². The molecule has 5 nitrogen and oxygen atoms in total. The minimum atomic E-state index is -0.896. The molecule has 0 heterocycles. The number of amides is 1. The highest BCUT2D eigenvalue weighted by molar-refractivity contribution is 6.06. The van der Waals surface area contributed by atoms with Crippen molar-refractivity contribution in [3.63, 3.8) is 0 Å². The Balaban J connectivity index is 5.67. The molecular weight excluding hydrogens is 266 g/mol. The topological polar surface area (TPSA) is 78.9 Å². The second kappa shape index (κ2) is 7.66. The Bertz CT molecular complexity index is 366. The second-order valence-corrected chi connectivity index (χ2v) is 7.03. The predicted octanol–water partition coefficient (Wildman–Crippen LogP) is 3.21. The summed E-state index contributed by atoms with van der Waals surface area (Å²) in [4.78, 5) is 14.8. The van der Waals surface area contributed by atoms with E-state index in [-0.39, 0.29) is 23.2 Å². The molecule has 124 valence electrons. The van der Waals surface area contributed by atoms with Gasteiger partial charge in [0, 0.05) is 13.1 Å². The molecule has 1 amide bonds. The number of nitrogens with zero attached hydrogens (tertiary/aromatic N) is 2. The van der Waals surface area contributed by atoms with Gasteiger partial charge in [0.25, 0.3) is 0 Å². The van der Waals surface area contributed by atoms with E-state index in [0.29, 0.717) is 12.8 Å². The molecule has 0 rings (SSSR count). The third-order valence-corrected chi connectivity index (χ3v) is 4.52. The maximum Gasteiger partial charge on any atom is 0.236 e. The van der Waals surface area contributed by atoms with Crippen LogP contribution in [0.25, 0.3) is 0 Å². The molecule has 0 aromatic carbocycles. The first-order chi connectivity index (χ1) is 9.58. The van der Waals surface area contributed by atoms with Crippen LogP contribution in [-0.4, -0.2) is 34.9 Å². The van der Waals surface area contributed by atoms with Crippen LogP contribution in [0.15, 0.2) is 5.16 Å². The maximum absolute atomic E-state index is 13.1. The summed E-state index contributed by atoms with van der Waals surface area (Å²) in [6.45, 7) is 12.4. The molecule has 0 saturated heterocycles. The summed E-state index contributed by atoms with van der Waals surface area (Å²) < 4.78 is 0. The molecule has 21 heavy (non-hydrogen) atoms. The van der Waals surface area contributed by atoms with Gasteiger partial charge < -0.3 is 15.8 Å². The van der Waals surface area contributed by atoms with Crippen molar-refractivity contribution in [3.8, 4) is 0 Å². The largest absolute Gasteiger partial charge is 0.409 e. The van der Waals surface area contributed by atoms with Crippen LogP contribution in [0.5, 0.6) is 0 Å². The number of carbonyl (C=O) groups excluding carboxylic acids is 1. The van der Waals surface area contributed by atoms with E-state index in [1.807, 2.05) is 27.8 Å². The first-order valence-corrected chi connectivity index (χ1v) is 7.83. The van der Waals surface area contributed by atoms with Gasteiger partial charge in [0.15, 0.2) is 5.84 Å². The molecule has 0 fully saturated rings. The Labute approximate surface area is 129 Å². The smallest absolute Gasteiger partial charge is 0.236 e. The zero-order valence-corrected chi connectivity index (χ0v) is 14.7. The van der Waals surface area contributed by atoms with Crippen molar-refractivity contribution in [2.75, 3.05) is 7.05 Å². The van der Waals surface area contributed by atoms with Crippen LogP contribution < -0.4 is 5.73 Å². The first-order valence-electron chi connectivity index (χ1n) is 7.83. The van der Waals surface area contributed by atoms with Crippen molar-refractivity contribution in [1.82, 2.24) is 4.90 Å². The first kappa shape index (κ1) is 19.7. The number of amidine groups is 1. The van der Waals surface area contributed by atoms with E-state index in [0.717, 1.165) is 12.8 Å². The quantitative estimate of drug-likeness (QED) is 0.328. The number of rotatable bonds is 7. The minimum Gasteiger partial charge on any atom is -0.409 e. The van der Waals surface area contributed by atoms with Crippen molar-refractivity contribution in [2.45, 2.75) is 73.3 Å². The lowest BCUT2D eigenvalue weighted by Gasteiger charge is -2.41. The summed E-state index contributed by atoms with van der Waals surface area (Å²) in [5.41, 5.74) is 5.00. The van der Waals surface area contributed by atoms with Crippen LogP contribution in [0.1, 0.15) is 67.2 Å². The van der Waals surface area contributed by atoms with Gasteiger partial charge in [-0.05, 0) is 25.2 Å². The second-order valence-electron chi connectivity index (χ2n) is 7.03. The summed E-state index contributed by atoms with van der Waals surface area (Å²) >= 11 is 0. The average molecular weight is 299 g/mol. The lowest BCUT2D eigenvalue weighted by molar-refractivity contribution is -0.141. The molecule has 0 spiro atoms. The number of nitrogens with two attached hydrogens (primary N) is 1. The van der Waals surface area contributed by atoms with Gasteiger partial charge in [0.1, 0.15) is 5.41 Å². The maximum atomic E-state index is 13.1. The lowest BCUT2D eigenvalue weighted by Crippen LogP contribution is -2.54. The van der Waals surface area contributed by atoms with Crippen molar-refractivity contribution in [3.05, 3.63) is 0 Å². The zero-order valence-electron chi connectivity index (χ0n) is 14.7. The average Bonchev–Trinajstić information content (AvgIpc) is 2.42. The van der Waals surface area contributed by atoms with Crippen molar-refractivity contribution < 1.29 is 10.0 Å². The van der Waals surface area contributed by atoms with E-state index in [9.17, 15) is 4.79 Å². The van der Waals surface area contributed by atoms with Gasteiger partial charge in [0.2, 0.25) is 5.91 Å². The van der Waals surface area contributed by atoms with Gasteiger partial charge in [0.05, 0.1) is 0 Å². The molecule has 1 atom stereocenters. The monoisotopic (exact) mass is 299 g/mol. The van der Waals surface area contributed by atoms with Gasteiger partial charge in [-0.15, -0.1) is 0 Å². The van der Waals surface area contributed by atoms with Crippen LogP contribution in [0.3, 0.4) is 0 Å². The summed E-state index contributed by atoms with van der Waals surface area (Å²) in [5, 5.41) is 12.3. The third-order valence-electron chi connectivity index (χ3n) is 4.52. The summed E-state index contributed by atoms with van der Waals surface area (Å²) in [5.74, 6) is -0.0203. The van der Waals surface area contributed by atoms with Gasteiger partial charge in [-0.2, -0.15) is 0 Å². The van der Waals surface area contributed by atoms with Crippen LogP contribution in [-0.2, 0) is 4.79 Å². The highest BCUT2D eigenvalue weighted by Gasteiger charge is 2.45. The van der Waals surface area contributed by atoms with Crippen molar-refractivity contribution in [1.29, 1.82) is 0 Å². The van der Waals surface area contributed by atoms with Gasteiger partial charge in [-0.3, -0.25) is 4.79 Å². The Hall–Kier alpha value is -1.26. The van der Waals surface area contributed by atoms with Crippen LogP contribution >= 0.6 is 0 Å². The van der Waals surface area contributed by atoms with E-state index in [2.05, 4.69) is 25.9 Å². The SMILES string of the molecule is CCCC(CCC)(C(=O)N(C)C(C)C(C)(C)C)C(N)=NO. The fourth-order valence-corrected chi connectivity index (χ4v) is 2.75. The molecule has 3 N–H and O–H groups in total. The zero-order chi connectivity index (χ0) is 16.8. The Morgan fingerprint density at radius 3 is 1.95 bits per heavy atom. The van der Waals surface area contributed by atoms with E-state index < -0.39 is 5.41 Å². The molecule has 0 aliphatic rings. The number of carbonyl (C=O) groups is 1. The molecule has 0 aromatic rings. The highest BCUT2D eigenvalue weighted by Crippen LogP contribution is 2.35. The lowest BCUT2D eigenvalue weighted by atomic mass is 9.75. The number of oxime groups is 1. The Morgan fingerprint density at radius 1 is 1.24 bits per heavy atom. The van der Waals surface area contributed by atoms with Crippen LogP contribution in [0, 0.1) is 10.8 Å². The van der Waals surface area contributed by atoms with Gasteiger partial charge >= 0.3 is 0 Å². The molecule has 0 saturated carbocycles. The van der Waals surface area contributed by atoms with Crippen molar-refractivity contribution in [2.24, 2.45) is 21.7 Å².